The summed E-state index contributed by atoms with van der Waals surface area (Å²) in [5, 5.41) is 0. The third-order valence-electron chi connectivity index (χ3n) is 0. The summed E-state index contributed by atoms with van der Waals surface area (Å²) >= 11 is 3.33. The molecule has 0 radical (unpaired) electrons. The highest BCUT2D eigenvalue weighted by Gasteiger charge is 1.86. The lowest BCUT2D eigenvalue weighted by Crippen LogP contribution is -1.65. The maximum atomic E-state index is 9.67. The van der Waals surface area contributed by atoms with Gasteiger partial charge in [0.05, 0.1) is 0 Å². The molecule has 0 atom stereocenters. The van der Waals surface area contributed by atoms with E-state index in [0.29, 0.717) is 0 Å². The van der Waals surface area contributed by atoms with E-state index in [2.05, 4.69) is 12.4 Å². The zero-order valence-corrected chi connectivity index (χ0v) is 4.14. The molecule has 0 aliphatic rings. The monoisotopic (exact) mass is 134 g/mol. The van der Waals surface area contributed by atoms with Crippen molar-refractivity contribution in [3.63, 3.8) is 0 Å². The second-order valence-corrected chi connectivity index (χ2v) is 0.247. The summed E-state index contributed by atoms with van der Waals surface area (Å²) in [6, 6.07) is 0. The molecule has 0 unspecified atom stereocenters. The lowest BCUT2D eigenvalue weighted by Gasteiger charge is -1.65. The molecule has 6 heteroatoms. The van der Waals surface area contributed by atoms with Crippen LogP contribution in [0.15, 0.2) is 0 Å². The van der Waals surface area contributed by atoms with Crippen LogP contribution in [0.1, 0.15) is 0 Å². The van der Waals surface area contributed by atoms with Crippen LogP contribution < -0.4 is 6.15 Å². The third kappa shape index (κ3) is 1550. The number of nitrogens with one attached hydrogen (secondary N) is 1. The molecule has 0 aromatic rings. The number of alkyl halides is 3. The molecular formula is CH5F3N2S. The Morgan fingerprint density at radius 3 is 1.14 bits per heavy atom. The summed E-state index contributed by atoms with van der Waals surface area (Å²) in [6.07, 6.45) is 0. The first-order chi connectivity index (χ1) is 2.73. The summed E-state index contributed by atoms with van der Waals surface area (Å²) in [4.78, 5) is 0. The van der Waals surface area contributed by atoms with Gasteiger partial charge in [-0.1, -0.05) is 0 Å². The van der Waals surface area contributed by atoms with Gasteiger partial charge in [0.1, 0.15) is 0 Å². The summed E-state index contributed by atoms with van der Waals surface area (Å²) in [5.41, 5.74) is 0. The fourth-order valence-corrected chi connectivity index (χ4v) is 0. The van der Waals surface area contributed by atoms with Crippen molar-refractivity contribution in [2.45, 2.75) is 6.68 Å². The normalized spacial score (nSPS) is 5.71. The van der Waals surface area contributed by atoms with Crippen molar-refractivity contribution in [2.24, 2.45) is 0 Å². The van der Waals surface area contributed by atoms with E-state index in [0.717, 1.165) is 0 Å². The van der Waals surface area contributed by atoms with Gasteiger partial charge in [0.2, 0.25) is 0 Å². The summed E-state index contributed by atoms with van der Waals surface area (Å²) in [7, 11) is 0. The highest BCUT2D eigenvalue weighted by Crippen LogP contribution is 1.87. The van der Waals surface area contributed by atoms with Gasteiger partial charge in [-0.2, -0.15) is 13.2 Å². The smallest absolute Gasteiger partial charge is 0.344 e. The molecule has 7 heavy (non-hydrogen) atoms. The molecule has 0 heterocycles. The molecule has 0 amide bonds. The Morgan fingerprint density at radius 1 is 1.14 bits per heavy atom. The maximum absolute atomic E-state index is 9.67. The first-order valence-corrected chi connectivity index (χ1v) is 1.27. The molecule has 2 nitrogen and oxygen atoms in total. The average molecular weight is 134 g/mol. The van der Waals surface area contributed by atoms with Gasteiger partial charge < -0.3 is 6.15 Å². The van der Waals surface area contributed by atoms with E-state index in [1.165, 1.54) is 0 Å². The fraction of sp³-hybridized carbons (Fsp3) is 1.00. The Hall–Kier alpha value is -0.230. The van der Waals surface area contributed by atoms with Crippen LogP contribution in [0.2, 0.25) is 0 Å². The van der Waals surface area contributed by atoms with Crippen molar-refractivity contribution in [2.75, 3.05) is 0 Å². The van der Waals surface area contributed by atoms with Gasteiger partial charge in [0.15, 0.2) is 0 Å². The zero-order chi connectivity index (χ0) is 5.58. The number of rotatable bonds is 0. The third-order valence-corrected chi connectivity index (χ3v) is 0. The van der Waals surface area contributed by atoms with Gasteiger partial charge in [0, 0.05) is 12.4 Å². The Balaban J connectivity index is -0.0000000480. The van der Waals surface area contributed by atoms with Crippen molar-refractivity contribution >= 4 is 12.4 Å². The molecule has 0 saturated heterocycles. The van der Waals surface area contributed by atoms with Crippen LogP contribution in [0.3, 0.4) is 0 Å². The SMILES string of the molecule is FC(F)F.N.N=S. The Bertz CT molecular complexity index is 24.1. The van der Waals surface area contributed by atoms with E-state index < -0.39 is 6.68 Å². The highest BCUT2D eigenvalue weighted by molar-refractivity contribution is 7.45. The zero-order valence-electron chi connectivity index (χ0n) is 3.33. The second kappa shape index (κ2) is 17.1. The van der Waals surface area contributed by atoms with Gasteiger partial charge in [-0.05, 0) is 0 Å². The van der Waals surface area contributed by atoms with Crippen molar-refractivity contribution in [3.8, 4) is 0 Å². The second-order valence-electron chi connectivity index (χ2n) is 0.247. The van der Waals surface area contributed by atoms with E-state index >= 15 is 0 Å². The fourth-order valence-electron chi connectivity index (χ4n) is 0. The highest BCUT2D eigenvalue weighted by atomic mass is 32.1. The van der Waals surface area contributed by atoms with E-state index in [1.54, 1.807) is 0 Å². The van der Waals surface area contributed by atoms with Crippen molar-refractivity contribution < 1.29 is 13.2 Å². The molecule has 0 aliphatic carbocycles. The van der Waals surface area contributed by atoms with Gasteiger partial charge in [-0.15, -0.1) is 0 Å². The van der Waals surface area contributed by atoms with Gasteiger partial charge in [0.25, 0.3) is 0 Å². The summed E-state index contributed by atoms with van der Waals surface area (Å²) in [5.74, 6) is 0. The molecule has 0 saturated carbocycles. The molecular weight excluding hydrogens is 129 g/mol. The molecule has 4 N–H and O–H groups in total. The van der Waals surface area contributed by atoms with Crippen LogP contribution in [0, 0.1) is 4.78 Å². The van der Waals surface area contributed by atoms with Crippen LogP contribution in [0.5, 0.6) is 0 Å². The van der Waals surface area contributed by atoms with Gasteiger partial charge >= 0.3 is 6.68 Å². The van der Waals surface area contributed by atoms with E-state index in [-0.39, 0.29) is 6.15 Å². The molecule has 0 fully saturated rings. The van der Waals surface area contributed by atoms with Crippen LogP contribution in [0.25, 0.3) is 0 Å². The molecule has 46 valence electrons. The number of hydrogen-bond donors (Lipinski definition) is 2. The van der Waals surface area contributed by atoms with Crippen LogP contribution >= 0.6 is 0 Å². The quantitative estimate of drug-likeness (QED) is 0.529. The summed E-state index contributed by atoms with van der Waals surface area (Å²) in [6.45, 7) is -3.67. The van der Waals surface area contributed by atoms with Gasteiger partial charge in [-0.3, -0.25) is 0 Å². The maximum Gasteiger partial charge on any atom is 0.379 e. The minimum atomic E-state index is -3.67. The topological polar surface area (TPSA) is 58.9 Å². The van der Waals surface area contributed by atoms with Crippen LogP contribution in [-0.2, 0) is 12.4 Å². The molecule has 0 aliphatic heterocycles. The van der Waals surface area contributed by atoms with Crippen LogP contribution in [0.4, 0.5) is 13.2 Å². The van der Waals surface area contributed by atoms with Crippen molar-refractivity contribution in [1.82, 2.24) is 6.15 Å². The first kappa shape index (κ1) is 15.9. The van der Waals surface area contributed by atoms with E-state index in [1.807, 2.05) is 0 Å². The Morgan fingerprint density at radius 2 is 1.14 bits per heavy atom. The predicted molar refractivity (Wildman–Crippen MR) is 22.2 cm³/mol. The Kier molecular flexibility index (Phi) is 38.8. The molecule has 0 spiro atoms. The standard InChI is InChI=1S/CHF3.HNS.H3N/c2-1(3)4;1-2;/h1H;1H;1H3. The predicted octanol–water partition coefficient (Wildman–Crippen LogP) is 1.64. The largest absolute Gasteiger partial charge is 0.379 e. The lowest BCUT2D eigenvalue weighted by molar-refractivity contribution is 0.00819. The van der Waals surface area contributed by atoms with E-state index in [9.17, 15) is 13.2 Å². The summed E-state index contributed by atoms with van der Waals surface area (Å²) < 4.78 is 34.3. The van der Waals surface area contributed by atoms with Crippen molar-refractivity contribution in [3.05, 3.63) is 0 Å². The van der Waals surface area contributed by atoms with Gasteiger partial charge in [-0.25, -0.2) is 4.78 Å². The average Bonchev–Trinajstić information content (AvgIpc) is 1.41. The minimum Gasteiger partial charge on any atom is -0.344 e. The van der Waals surface area contributed by atoms with Crippen molar-refractivity contribution in [1.29, 1.82) is 4.78 Å². The Labute approximate surface area is 44.3 Å². The molecule has 0 aromatic carbocycles. The van der Waals surface area contributed by atoms with E-state index in [4.69, 9.17) is 4.78 Å². The molecule has 0 bridgehead atoms. The minimum absolute atomic E-state index is 0. The molecule has 0 aromatic heterocycles. The molecule has 0 rings (SSSR count). The lowest BCUT2D eigenvalue weighted by atomic mass is 11.6. The number of halogens is 3. The first-order valence-electron chi connectivity index (χ1n) is 0.859. The van der Waals surface area contributed by atoms with Crippen LogP contribution in [-0.4, -0.2) is 6.68 Å². The number of hydrogen-bond acceptors (Lipinski definition) is 3.